The molecule has 2 N–H and O–H groups in total. The van der Waals surface area contributed by atoms with Crippen LogP contribution in [0, 0.1) is 5.82 Å². The number of aryl methyl sites for hydroxylation is 1. The first-order chi connectivity index (χ1) is 13.0. The van der Waals surface area contributed by atoms with E-state index >= 15 is 0 Å². The first-order valence-corrected chi connectivity index (χ1v) is 9.17. The minimum atomic E-state index is -0.450. The number of nitrogens with one attached hydrogen (secondary N) is 2. The Morgan fingerprint density at radius 3 is 2.70 bits per heavy atom. The maximum absolute atomic E-state index is 13.2. The molecule has 0 saturated carbocycles. The number of hydrogen-bond donors (Lipinski definition) is 2. The fraction of sp³-hybridized carbons (Fsp3) is 0.211. The largest absolute Gasteiger partial charge is 0.368 e. The Kier molecular flexibility index (Phi) is 6.08. The highest BCUT2D eigenvalue weighted by Gasteiger charge is 2.11. The minimum Gasteiger partial charge on any atom is -0.368 e. The number of fused-ring (bicyclic) bond motifs is 1. The highest BCUT2D eigenvalue weighted by Crippen LogP contribution is 2.30. The van der Waals surface area contributed by atoms with Crippen LogP contribution in [0.5, 0.6) is 0 Å². The van der Waals surface area contributed by atoms with Gasteiger partial charge in [-0.25, -0.2) is 14.4 Å². The quantitative estimate of drug-likeness (QED) is 0.592. The molecule has 0 aliphatic carbocycles. The van der Waals surface area contributed by atoms with E-state index in [1.165, 1.54) is 18.2 Å². The van der Waals surface area contributed by atoms with E-state index in [2.05, 4.69) is 20.6 Å². The van der Waals surface area contributed by atoms with E-state index in [4.69, 9.17) is 23.2 Å². The second-order valence-corrected chi connectivity index (χ2v) is 6.66. The lowest BCUT2D eigenvalue weighted by atomic mass is 10.2. The summed E-state index contributed by atoms with van der Waals surface area (Å²) in [5.41, 5.74) is 0.897. The van der Waals surface area contributed by atoms with Crippen LogP contribution in [0.15, 0.2) is 36.4 Å². The van der Waals surface area contributed by atoms with Gasteiger partial charge in [-0.15, -0.1) is 0 Å². The van der Waals surface area contributed by atoms with Crippen LogP contribution in [0.1, 0.15) is 23.1 Å². The molecule has 0 saturated heterocycles. The highest BCUT2D eigenvalue weighted by atomic mass is 35.5. The zero-order chi connectivity index (χ0) is 19.4. The molecule has 140 valence electrons. The van der Waals surface area contributed by atoms with Crippen molar-refractivity contribution in [1.29, 1.82) is 0 Å². The third-order valence-electron chi connectivity index (χ3n) is 3.87. The van der Waals surface area contributed by atoms with E-state index in [0.29, 0.717) is 52.1 Å². The molecule has 1 heterocycles. The van der Waals surface area contributed by atoms with Crippen molar-refractivity contribution in [3.63, 3.8) is 0 Å². The van der Waals surface area contributed by atoms with Crippen molar-refractivity contribution in [2.24, 2.45) is 0 Å². The zero-order valence-electron chi connectivity index (χ0n) is 14.5. The van der Waals surface area contributed by atoms with Gasteiger partial charge in [0.2, 0.25) is 0 Å². The van der Waals surface area contributed by atoms with Gasteiger partial charge in [-0.3, -0.25) is 4.79 Å². The summed E-state index contributed by atoms with van der Waals surface area (Å²) < 4.78 is 13.2. The summed E-state index contributed by atoms with van der Waals surface area (Å²) in [6, 6.07) is 8.92. The lowest BCUT2D eigenvalue weighted by Crippen LogP contribution is -2.29. The SMILES string of the molecule is CCc1nc(NCCNC(=O)c2cccc(F)c2)c2cc(Cl)cc(Cl)c2n1. The first kappa shape index (κ1) is 19.3. The Bertz CT molecular complexity index is 997. The van der Waals surface area contributed by atoms with Crippen molar-refractivity contribution in [1.82, 2.24) is 15.3 Å². The van der Waals surface area contributed by atoms with E-state index in [9.17, 15) is 9.18 Å². The molecule has 0 aliphatic heterocycles. The third kappa shape index (κ3) is 4.64. The molecule has 0 spiro atoms. The number of benzene rings is 2. The van der Waals surface area contributed by atoms with Gasteiger partial charge < -0.3 is 10.6 Å². The predicted octanol–water partition coefficient (Wildman–Crippen LogP) is 4.48. The van der Waals surface area contributed by atoms with Crippen molar-refractivity contribution in [2.45, 2.75) is 13.3 Å². The molecule has 8 heteroatoms. The lowest BCUT2D eigenvalue weighted by Gasteiger charge is -2.12. The van der Waals surface area contributed by atoms with Crippen LogP contribution in [0.2, 0.25) is 10.0 Å². The van der Waals surface area contributed by atoms with Gasteiger partial charge in [0.1, 0.15) is 17.5 Å². The van der Waals surface area contributed by atoms with Crippen molar-refractivity contribution in [3.05, 3.63) is 63.6 Å². The molecule has 3 aromatic rings. The Labute approximate surface area is 165 Å². The van der Waals surface area contributed by atoms with Crippen LogP contribution in [0.25, 0.3) is 10.9 Å². The summed E-state index contributed by atoms with van der Waals surface area (Å²) in [5, 5.41) is 7.56. The van der Waals surface area contributed by atoms with Crippen LogP contribution < -0.4 is 10.6 Å². The number of hydrogen-bond acceptors (Lipinski definition) is 4. The molecule has 0 bridgehead atoms. The number of anilines is 1. The fourth-order valence-corrected chi connectivity index (χ4v) is 3.12. The third-order valence-corrected chi connectivity index (χ3v) is 4.38. The maximum Gasteiger partial charge on any atom is 0.251 e. The van der Waals surface area contributed by atoms with Gasteiger partial charge in [0, 0.05) is 35.5 Å². The number of amides is 1. The van der Waals surface area contributed by atoms with Gasteiger partial charge in [0.15, 0.2) is 0 Å². The molecule has 3 rings (SSSR count). The normalized spacial score (nSPS) is 10.8. The molecular formula is C19H17Cl2FN4O. The summed E-state index contributed by atoms with van der Waals surface area (Å²) in [6.07, 6.45) is 0.653. The topological polar surface area (TPSA) is 66.9 Å². The fourth-order valence-electron chi connectivity index (χ4n) is 2.59. The number of halogens is 3. The Morgan fingerprint density at radius 1 is 1.15 bits per heavy atom. The molecule has 0 aliphatic rings. The van der Waals surface area contributed by atoms with Gasteiger partial charge in [0.05, 0.1) is 10.5 Å². The summed E-state index contributed by atoms with van der Waals surface area (Å²) >= 11 is 12.4. The lowest BCUT2D eigenvalue weighted by molar-refractivity contribution is 0.0954. The molecule has 0 radical (unpaired) electrons. The molecule has 0 fully saturated rings. The van der Waals surface area contributed by atoms with E-state index in [0.717, 1.165) is 0 Å². The zero-order valence-corrected chi connectivity index (χ0v) is 16.0. The number of aromatic nitrogens is 2. The van der Waals surface area contributed by atoms with Crippen LogP contribution in [0.3, 0.4) is 0 Å². The van der Waals surface area contributed by atoms with Gasteiger partial charge in [-0.05, 0) is 30.3 Å². The van der Waals surface area contributed by atoms with Gasteiger partial charge in [-0.1, -0.05) is 36.2 Å². The van der Waals surface area contributed by atoms with Crippen molar-refractivity contribution < 1.29 is 9.18 Å². The molecule has 1 amide bonds. The summed E-state index contributed by atoms with van der Waals surface area (Å²) in [4.78, 5) is 21.0. The molecule has 5 nitrogen and oxygen atoms in total. The summed E-state index contributed by atoms with van der Waals surface area (Å²) in [6.45, 7) is 2.70. The van der Waals surface area contributed by atoms with Crippen molar-refractivity contribution >= 4 is 45.8 Å². The molecular weight excluding hydrogens is 390 g/mol. The molecule has 1 aromatic heterocycles. The second-order valence-electron chi connectivity index (χ2n) is 5.82. The molecule has 0 atom stereocenters. The first-order valence-electron chi connectivity index (χ1n) is 8.41. The van der Waals surface area contributed by atoms with Crippen molar-refractivity contribution in [3.8, 4) is 0 Å². The van der Waals surface area contributed by atoms with E-state index in [1.54, 1.807) is 18.2 Å². The summed E-state index contributed by atoms with van der Waals surface area (Å²) in [7, 11) is 0. The smallest absolute Gasteiger partial charge is 0.251 e. The molecule has 2 aromatic carbocycles. The van der Waals surface area contributed by atoms with Gasteiger partial charge in [-0.2, -0.15) is 0 Å². The average Bonchev–Trinajstić information content (AvgIpc) is 2.65. The standard InChI is InChI=1S/C19H17Cl2FN4O/c1-2-16-25-17-14(9-12(20)10-15(17)21)18(26-16)23-6-7-24-19(27)11-4-3-5-13(22)8-11/h3-5,8-10H,2,6-7H2,1H3,(H,24,27)(H,23,25,26). The molecule has 27 heavy (non-hydrogen) atoms. The minimum absolute atomic E-state index is 0.273. The number of nitrogens with zero attached hydrogens (tertiary/aromatic N) is 2. The molecule has 0 unspecified atom stereocenters. The van der Waals surface area contributed by atoms with Crippen molar-refractivity contribution in [2.75, 3.05) is 18.4 Å². The van der Waals surface area contributed by atoms with E-state index in [-0.39, 0.29) is 11.5 Å². The summed E-state index contributed by atoms with van der Waals surface area (Å²) in [5.74, 6) is 0.456. The predicted molar refractivity (Wildman–Crippen MR) is 106 cm³/mol. The van der Waals surface area contributed by atoms with E-state index in [1.807, 2.05) is 6.92 Å². The van der Waals surface area contributed by atoms with Crippen LogP contribution in [0.4, 0.5) is 10.2 Å². The number of carbonyl (C=O) groups excluding carboxylic acids is 1. The highest BCUT2D eigenvalue weighted by molar-refractivity contribution is 6.38. The second kappa shape index (κ2) is 8.50. The maximum atomic E-state index is 13.2. The monoisotopic (exact) mass is 406 g/mol. The Morgan fingerprint density at radius 2 is 1.96 bits per heavy atom. The number of carbonyl (C=O) groups is 1. The van der Waals surface area contributed by atoms with Crippen LogP contribution >= 0.6 is 23.2 Å². The van der Waals surface area contributed by atoms with Crippen LogP contribution in [-0.2, 0) is 6.42 Å². The Balaban J connectivity index is 1.70. The number of rotatable bonds is 6. The Hall–Kier alpha value is -2.44. The van der Waals surface area contributed by atoms with Gasteiger partial charge >= 0.3 is 0 Å². The average molecular weight is 407 g/mol. The van der Waals surface area contributed by atoms with Gasteiger partial charge in [0.25, 0.3) is 5.91 Å². The van der Waals surface area contributed by atoms with E-state index < -0.39 is 5.82 Å². The van der Waals surface area contributed by atoms with Crippen LogP contribution in [-0.4, -0.2) is 29.0 Å².